The first-order valence-corrected chi connectivity index (χ1v) is 7.39. The number of hydrogen-bond acceptors (Lipinski definition) is 3. The average Bonchev–Trinajstić information content (AvgIpc) is 2.82. The Balaban J connectivity index is 1.40. The van der Waals surface area contributed by atoms with Crippen LogP contribution in [-0.4, -0.2) is 16.5 Å². The molecule has 2 bridgehead atoms. The maximum absolute atomic E-state index is 12.1. The third-order valence-electron chi connectivity index (χ3n) is 5.38. The highest BCUT2D eigenvalue weighted by Gasteiger charge is 2.65. The predicted molar refractivity (Wildman–Crippen MR) is 74.9 cm³/mol. The molecular formula is C15H19N3O2. The van der Waals surface area contributed by atoms with Crippen LogP contribution in [0.15, 0.2) is 23.1 Å². The maximum atomic E-state index is 12.1. The van der Waals surface area contributed by atoms with E-state index in [2.05, 4.69) is 5.32 Å². The zero-order valence-corrected chi connectivity index (χ0v) is 11.3. The number of nitrogens with two attached hydrogens (primary N) is 1. The van der Waals surface area contributed by atoms with Gasteiger partial charge in [-0.25, -0.2) is 0 Å². The highest BCUT2D eigenvalue weighted by molar-refractivity contribution is 5.76. The van der Waals surface area contributed by atoms with Gasteiger partial charge in [0.2, 0.25) is 5.91 Å². The van der Waals surface area contributed by atoms with Gasteiger partial charge in [0, 0.05) is 24.0 Å². The lowest BCUT2D eigenvalue weighted by Crippen LogP contribution is -2.35. The Kier molecular flexibility index (Phi) is 2.46. The summed E-state index contributed by atoms with van der Waals surface area (Å²) in [6.45, 7) is 0.0646. The molecule has 3 aliphatic rings. The summed E-state index contributed by atoms with van der Waals surface area (Å²) in [5.74, 6) is 3.04. The van der Waals surface area contributed by atoms with Crippen molar-refractivity contribution in [2.24, 2.45) is 23.7 Å². The minimum Gasteiger partial charge on any atom is -0.398 e. The molecule has 3 aliphatic carbocycles. The van der Waals surface area contributed by atoms with E-state index in [0.29, 0.717) is 11.7 Å². The monoisotopic (exact) mass is 273 g/mol. The molecule has 3 fully saturated rings. The van der Waals surface area contributed by atoms with Crippen molar-refractivity contribution in [1.82, 2.24) is 9.88 Å². The van der Waals surface area contributed by atoms with Crippen molar-refractivity contribution < 1.29 is 4.79 Å². The molecule has 5 heteroatoms. The second-order valence-corrected chi connectivity index (χ2v) is 6.51. The minimum absolute atomic E-state index is 0.0646. The number of fused-ring (bicyclic) bond motifs is 5. The molecule has 4 rings (SSSR count). The lowest BCUT2D eigenvalue weighted by atomic mass is 10.0. The predicted octanol–water partition coefficient (Wildman–Crippen LogP) is 0.591. The van der Waals surface area contributed by atoms with Gasteiger partial charge >= 0.3 is 0 Å². The van der Waals surface area contributed by atoms with Crippen LogP contribution in [0.3, 0.4) is 0 Å². The summed E-state index contributed by atoms with van der Waals surface area (Å²) >= 11 is 0. The number of nitrogens with zero attached hydrogens (tertiary/aromatic N) is 1. The lowest BCUT2D eigenvalue weighted by Gasteiger charge is -2.11. The summed E-state index contributed by atoms with van der Waals surface area (Å²) in [5, 5.41) is 3.11. The molecule has 1 aromatic rings. The van der Waals surface area contributed by atoms with Gasteiger partial charge in [0.15, 0.2) is 0 Å². The number of nitrogens with one attached hydrogen (secondary N) is 1. The van der Waals surface area contributed by atoms with Crippen LogP contribution in [0.1, 0.15) is 19.3 Å². The Hall–Kier alpha value is -1.78. The highest BCUT2D eigenvalue weighted by atomic mass is 16.2. The number of nitrogen functional groups attached to an aromatic ring is 1. The summed E-state index contributed by atoms with van der Waals surface area (Å²) in [7, 11) is 0. The molecule has 4 unspecified atom stereocenters. The first kappa shape index (κ1) is 12.0. The third kappa shape index (κ3) is 1.76. The summed E-state index contributed by atoms with van der Waals surface area (Å²) in [5.41, 5.74) is 5.95. The van der Waals surface area contributed by atoms with Crippen LogP contribution in [0.2, 0.25) is 0 Å². The quantitative estimate of drug-likeness (QED) is 0.846. The van der Waals surface area contributed by atoms with E-state index in [1.165, 1.54) is 36.1 Å². The van der Waals surface area contributed by atoms with Crippen molar-refractivity contribution in [2.75, 3.05) is 5.73 Å². The summed E-state index contributed by atoms with van der Waals surface area (Å²) in [6.07, 6.45) is 5.58. The molecule has 0 aromatic carbocycles. The topological polar surface area (TPSA) is 77.1 Å². The SMILES string of the molecule is Nc1ccc(=O)n(CC(=O)NC2C3C4CCC(C4)C23)c1. The number of carbonyl (C=O) groups excluding carboxylic acids is 1. The van der Waals surface area contributed by atoms with Gasteiger partial charge in [-0.2, -0.15) is 0 Å². The fourth-order valence-electron chi connectivity index (χ4n) is 4.58. The molecule has 1 aromatic heterocycles. The number of amides is 1. The lowest BCUT2D eigenvalue weighted by molar-refractivity contribution is -0.122. The molecule has 3 saturated carbocycles. The fourth-order valence-corrected chi connectivity index (χ4v) is 4.58. The van der Waals surface area contributed by atoms with Crippen LogP contribution in [0.4, 0.5) is 5.69 Å². The van der Waals surface area contributed by atoms with Gasteiger partial charge in [-0.1, -0.05) is 0 Å². The average molecular weight is 273 g/mol. The third-order valence-corrected chi connectivity index (χ3v) is 5.38. The Morgan fingerprint density at radius 2 is 2.00 bits per heavy atom. The summed E-state index contributed by atoms with van der Waals surface area (Å²) < 4.78 is 1.37. The second kappa shape index (κ2) is 4.11. The van der Waals surface area contributed by atoms with Crippen LogP contribution in [-0.2, 0) is 11.3 Å². The Morgan fingerprint density at radius 1 is 1.30 bits per heavy atom. The number of hydrogen-bond donors (Lipinski definition) is 2. The van der Waals surface area contributed by atoms with Gasteiger partial charge in [0.1, 0.15) is 6.54 Å². The maximum Gasteiger partial charge on any atom is 0.251 e. The van der Waals surface area contributed by atoms with Crippen molar-refractivity contribution in [3.05, 3.63) is 28.7 Å². The zero-order chi connectivity index (χ0) is 13.9. The fraction of sp³-hybridized carbons (Fsp3) is 0.600. The number of anilines is 1. The van der Waals surface area contributed by atoms with Crippen LogP contribution in [0.5, 0.6) is 0 Å². The highest BCUT2D eigenvalue weighted by Crippen LogP contribution is 2.65. The minimum atomic E-state index is -0.189. The molecular weight excluding hydrogens is 254 g/mol. The molecule has 5 nitrogen and oxygen atoms in total. The number of aromatic nitrogens is 1. The van der Waals surface area contributed by atoms with Crippen LogP contribution < -0.4 is 16.6 Å². The standard InChI is InChI=1S/C15H19N3O2/c16-10-3-4-12(20)18(6-10)7-11(19)17-15-13-8-1-2-9(5-8)14(13)15/h3-4,6,8-9,13-15H,1-2,5,7,16H2,(H,17,19). The van der Waals surface area contributed by atoms with Crippen LogP contribution in [0, 0.1) is 23.7 Å². The van der Waals surface area contributed by atoms with Gasteiger partial charge in [0.05, 0.1) is 0 Å². The molecule has 106 valence electrons. The molecule has 3 N–H and O–H groups in total. The van der Waals surface area contributed by atoms with Gasteiger partial charge in [-0.3, -0.25) is 9.59 Å². The van der Waals surface area contributed by atoms with E-state index in [1.54, 1.807) is 6.07 Å². The molecule has 0 radical (unpaired) electrons. The van der Waals surface area contributed by atoms with E-state index in [4.69, 9.17) is 5.73 Å². The van der Waals surface area contributed by atoms with Crippen molar-refractivity contribution in [3.63, 3.8) is 0 Å². The summed E-state index contributed by atoms with van der Waals surface area (Å²) in [6, 6.07) is 3.32. The zero-order valence-electron chi connectivity index (χ0n) is 11.3. The van der Waals surface area contributed by atoms with E-state index in [0.717, 1.165) is 23.7 Å². The van der Waals surface area contributed by atoms with Gasteiger partial charge in [-0.15, -0.1) is 0 Å². The molecule has 1 heterocycles. The van der Waals surface area contributed by atoms with E-state index >= 15 is 0 Å². The molecule has 1 amide bonds. The van der Waals surface area contributed by atoms with Crippen molar-refractivity contribution in [1.29, 1.82) is 0 Å². The Bertz CT molecular complexity index is 608. The molecule has 4 atom stereocenters. The molecule has 0 spiro atoms. The molecule has 20 heavy (non-hydrogen) atoms. The van der Waals surface area contributed by atoms with Crippen LogP contribution in [0.25, 0.3) is 0 Å². The van der Waals surface area contributed by atoms with E-state index < -0.39 is 0 Å². The molecule has 0 aliphatic heterocycles. The van der Waals surface area contributed by atoms with Gasteiger partial charge < -0.3 is 15.6 Å². The summed E-state index contributed by atoms with van der Waals surface area (Å²) in [4.78, 5) is 23.7. The second-order valence-electron chi connectivity index (χ2n) is 6.51. The van der Waals surface area contributed by atoms with Gasteiger partial charge in [-0.05, 0) is 49.0 Å². The van der Waals surface area contributed by atoms with E-state index in [-0.39, 0.29) is 18.0 Å². The number of carbonyl (C=O) groups is 1. The van der Waals surface area contributed by atoms with Gasteiger partial charge in [0.25, 0.3) is 5.56 Å². The van der Waals surface area contributed by atoms with Crippen molar-refractivity contribution in [2.45, 2.75) is 31.8 Å². The first-order chi connectivity index (χ1) is 9.63. The van der Waals surface area contributed by atoms with Crippen LogP contribution >= 0.6 is 0 Å². The smallest absolute Gasteiger partial charge is 0.251 e. The van der Waals surface area contributed by atoms with E-state index in [9.17, 15) is 9.59 Å². The normalized spacial score (nSPS) is 36.7. The van der Waals surface area contributed by atoms with E-state index in [1.807, 2.05) is 0 Å². The van der Waals surface area contributed by atoms with Crippen molar-refractivity contribution >= 4 is 11.6 Å². The van der Waals surface area contributed by atoms with Crippen molar-refractivity contribution in [3.8, 4) is 0 Å². The Labute approximate surface area is 117 Å². The Morgan fingerprint density at radius 3 is 2.70 bits per heavy atom. The number of pyridine rings is 1. The number of rotatable bonds is 3. The molecule has 0 saturated heterocycles. The largest absolute Gasteiger partial charge is 0.398 e. The first-order valence-electron chi connectivity index (χ1n) is 7.39.